The molecular formula is C13H22FNO5. The molecule has 7 heteroatoms. The number of carboxylic acids is 1. The molecule has 1 rings (SSSR count). The third kappa shape index (κ3) is 4.63. The van der Waals surface area contributed by atoms with E-state index in [9.17, 15) is 19.1 Å². The van der Waals surface area contributed by atoms with Crippen LogP contribution in [0.5, 0.6) is 0 Å². The number of nitrogens with zero attached hydrogens (tertiary/aromatic N) is 1. The van der Waals surface area contributed by atoms with Gasteiger partial charge in [-0.05, 0) is 33.6 Å². The monoisotopic (exact) mass is 291 g/mol. The number of carboxylic acid groups (broad SMARTS) is 1. The molecule has 0 aliphatic carbocycles. The van der Waals surface area contributed by atoms with Gasteiger partial charge in [-0.1, -0.05) is 0 Å². The van der Waals surface area contributed by atoms with Crippen LogP contribution in [0.1, 0.15) is 33.6 Å². The van der Waals surface area contributed by atoms with Gasteiger partial charge in [0.05, 0.1) is 0 Å². The molecule has 20 heavy (non-hydrogen) atoms. The van der Waals surface area contributed by atoms with E-state index in [-0.39, 0.29) is 6.54 Å². The Morgan fingerprint density at radius 1 is 1.40 bits per heavy atom. The molecule has 1 aliphatic heterocycles. The van der Waals surface area contributed by atoms with E-state index in [0.29, 0.717) is 19.4 Å². The van der Waals surface area contributed by atoms with Gasteiger partial charge in [-0.25, -0.2) is 14.0 Å². The summed E-state index contributed by atoms with van der Waals surface area (Å²) in [6.45, 7) is 5.78. The molecule has 3 atom stereocenters. The smallest absolute Gasteiger partial charge is 0.410 e. The molecule has 0 bridgehead atoms. The van der Waals surface area contributed by atoms with Crippen molar-refractivity contribution in [3.8, 4) is 0 Å². The molecule has 0 radical (unpaired) electrons. The van der Waals surface area contributed by atoms with Gasteiger partial charge in [0.15, 0.2) is 0 Å². The van der Waals surface area contributed by atoms with Crippen LogP contribution in [0, 0.1) is 5.92 Å². The van der Waals surface area contributed by atoms with E-state index in [1.807, 2.05) is 0 Å². The second-order valence-electron chi connectivity index (χ2n) is 6.06. The van der Waals surface area contributed by atoms with Gasteiger partial charge in [0.25, 0.3) is 0 Å². The van der Waals surface area contributed by atoms with E-state index in [0.717, 1.165) is 0 Å². The first-order valence-corrected chi connectivity index (χ1v) is 6.64. The molecule has 1 aliphatic rings. The van der Waals surface area contributed by atoms with Crippen LogP contribution < -0.4 is 0 Å². The van der Waals surface area contributed by atoms with Gasteiger partial charge in [-0.2, -0.15) is 0 Å². The first-order valence-electron chi connectivity index (χ1n) is 6.64. The number of halogens is 1. The van der Waals surface area contributed by atoms with Gasteiger partial charge in [0.1, 0.15) is 11.7 Å². The molecule has 0 aromatic carbocycles. The Balaban J connectivity index is 2.62. The summed E-state index contributed by atoms with van der Waals surface area (Å²) in [5, 5.41) is 18.3. The van der Waals surface area contributed by atoms with Crippen molar-refractivity contribution in [2.45, 2.75) is 51.5 Å². The minimum Gasteiger partial charge on any atom is -0.479 e. The summed E-state index contributed by atoms with van der Waals surface area (Å²) < 4.78 is 18.5. The number of aliphatic carboxylic acids is 1. The lowest BCUT2D eigenvalue weighted by Gasteiger charge is -2.36. The van der Waals surface area contributed by atoms with Crippen LogP contribution >= 0.6 is 0 Å². The number of hydrogen-bond acceptors (Lipinski definition) is 4. The van der Waals surface area contributed by atoms with Crippen LogP contribution in [0.25, 0.3) is 0 Å². The molecule has 2 N–H and O–H groups in total. The lowest BCUT2D eigenvalue weighted by molar-refractivity contribution is -0.149. The van der Waals surface area contributed by atoms with Gasteiger partial charge in [0.2, 0.25) is 6.17 Å². The predicted molar refractivity (Wildman–Crippen MR) is 69.1 cm³/mol. The fourth-order valence-corrected chi connectivity index (χ4v) is 2.17. The fourth-order valence-electron chi connectivity index (χ4n) is 2.17. The van der Waals surface area contributed by atoms with Crippen molar-refractivity contribution >= 4 is 12.1 Å². The van der Waals surface area contributed by atoms with Crippen LogP contribution in [0.2, 0.25) is 0 Å². The van der Waals surface area contributed by atoms with Crippen LogP contribution in [0.3, 0.4) is 0 Å². The highest BCUT2D eigenvalue weighted by molar-refractivity contribution is 5.73. The van der Waals surface area contributed by atoms with E-state index in [1.54, 1.807) is 20.8 Å². The molecular weight excluding hydrogens is 269 g/mol. The van der Waals surface area contributed by atoms with Crippen LogP contribution in [0.4, 0.5) is 9.18 Å². The van der Waals surface area contributed by atoms with E-state index >= 15 is 0 Å². The van der Waals surface area contributed by atoms with Crippen molar-refractivity contribution in [2.24, 2.45) is 5.92 Å². The SMILES string of the molecule is CC(C)(C)OC(=O)N1CCCC(C(O)C(F)C(=O)O)C1. The molecule has 0 saturated carbocycles. The van der Waals surface area contributed by atoms with Crippen LogP contribution in [0.15, 0.2) is 0 Å². The number of ether oxygens (including phenoxy) is 1. The third-order valence-corrected chi connectivity index (χ3v) is 3.13. The molecule has 1 amide bonds. The molecule has 3 unspecified atom stereocenters. The number of rotatable bonds is 3. The Labute approximate surface area is 117 Å². The first-order chi connectivity index (χ1) is 9.11. The Morgan fingerprint density at radius 2 is 2.00 bits per heavy atom. The first kappa shape index (κ1) is 16.7. The van der Waals surface area contributed by atoms with Crippen LogP contribution in [-0.2, 0) is 9.53 Å². The molecule has 1 saturated heterocycles. The maximum Gasteiger partial charge on any atom is 0.410 e. The quantitative estimate of drug-likeness (QED) is 0.821. The lowest BCUT2D eigenvalue weighted by Crippen LogP contribution is -2.48. The fraction of sp³-hybridized carbons (Fsp3) is 0.846. The summed E-state index contributed by atoms with van der Waals surface area (Å²) in [7, 11) is 0. The van der Waals surface area contributed by atoms with Gasteiger partial charge < -0.3 is 19.8 Å². The van der Waals surface area contributed by atoms with Gasteiger partial charge >= 0.3 is 12.1 Å². The normalized spacial score (nSPS) is 23.1. The summed E-state index contributed by atoms with van der Waals surface area (Å²) in [6, 6.07) is 0. The highest BCUT2D eigenvalue weighted by Crippen LogP contribution is 2.24. The van der Waals surface area contributed by atoms with E-state index in [2.05, 4.69) is 0 Å². The standard InChI is InChI=1S/C13H22FNO5/c1-13(2,3)20-12(19)15-6-4-5-8(7-15)10(16)9(14)11(17)18/h8-10,16H,4-7H2,1-3H3,(H,17,18). The summed E-state index contributed by atoms with van der Waals surface area (Å²) in [4.78, 5) is 23.8. The second-order valence-corrected chi connectivity index (χ2v) is 6.06. The minimum absolute atomic E-state index is 0.101. The minimum atomic E-state index is -2.33. The number of carbonyl (C=O) groups excluding carboxylic acids is 1. The molecule has 6 nitrogen and oxygen atoms in total. The lowest BCUT2D eigenvalue weighted by atomic mass is 9.90. The zero-order valence-electron chi connectivity index (χ0n) is 12.0. The number of aliphatic hydroxyl groups excluding tert-OH is 1. The van der Waals surface area contributed by atoms with E-state index < -0.39 is 35.9 Å². The van der Waals surface area contributed by atoms with Crippen LogP contribution in [-0.4, -0.2) is 58.1 Å². The third-order valence-electron chi connectivity index (χ3n) is 3.13. The Morgan fingerprint density at radius 3 is 2.50 bits per heavy atom. The molecule has 116 valence electrons. The van der Waals surface area contributed by atoms with Crippen molar-refractivity contribution in [3.05, 3.63) is 0 Å². The Bertz CT molecular complexity index is 368. The van der Waals surface area contributed by atoms with Crippen molar-refractivity contribution < 1.29 is 28.9 Å². The van der Waals surface area contributed by atoms with Crippen molar-refractivity contribution in [3.63, 3.8) is 0 Å². The van der Waals surface area contributed by atoms with Gasteiger partial charge in [0, 0.05) is 19.0 Å². The molecule has 0 aromatic rings. The summed E-state index contributed by atoms with van der Waals surface area (Å²) in [5.74, 6) is -2.28. The highest BCUT2D eigenvalue weighted by Gasteiger charge is 2.37. The molecule has 0 aromatic heterocycles. The predicted octanol–water partition coefficient (Wildman–Crippen LogP) is 1.42. The van der Waals surface area contributed by atoms with Crippen molar-refractivity contribution in [1.29, 1.82) is 0 Å². The highest BCUT2D eigenvalue weighted by atomic mass is 19.1. The Hall–Kier alpha value is -1.37. The van der Waals surface area contributed by atoms with E-state index in [1.165, 1.54) is 4.90 Å². The van der Waals surface area contributed by atoms with E-state index in [4.69, 9.17) is 9.84 Å². The maximum absolute atomic E-state index is 13.3. The zero-order valence-corrected chi connectivity index (χ0v) is 12.0. The number of alkyl halides is 1. The van der Waals surface area contributed by atoms with Gasteiger partial charge in [-0.3, -0.25) is 0 Å². The molecule has 1 fully saturated rings. The van der Waals surface area contributed by atoms with Crippen molar-refractivity contribution in [1.82, 2.24) is 4.90 Å². The van der Waals surface area contributed by atoms with Gasteiger partial charge in [-0.15, -0.1) is 0 Å². The Kier molecular flexibility index (Phi) is 5.33. The summed E-state index contributed by atoms with van der Waals surface area (Å²) in [5.41, 5.74) is -0.633. The average molecular weight is 291 g/mol. The van der Waals surface area contributed by atoms with Crippen molar-refractivity contribution in [2.75, 3.05) is 13.1 Å². The summed E-state index contributed by atoms with van der Waals surface area (Å²) in [6.07, 6.45) is -3.42. The second kappa shape index (κ2) is 6.39. The average Bonchev–Trinajstić information content (AvgIpc) is 2.35. The number of amides is 1. The summed E-state index contributed by atoms with van der Waals surface area (Å²) >= 11 is 0. The topological polar surface area (TPSA) is 87.1 Å². The number of aliphatic hydroxyl groups is 1. The molecule has 1 heterocycles. The number of hydrogen-bond donors (Lipinski definition) is 2. The maximum atomic E-state index is 13.3. The zero-order chi connectivity index (χ0) is 15.5. The largest absolute Gasteiger partial charge is 0.479 e. The number of piperidine rings is 1. The number of likely N-dealkylation sites (tertiary alicyclic amines) is 1. The molecule has 0 spiro atoms. The number of carbonyl (C=O) groups is 2.